The Hall–Kier alpha value is -3.51. The van der Waals surface area contributed by atoms with E-state index in [9.17, 15) is 13.5 Å². The molecule has 9 rings (SSSR count). The van der Waals surface area contributed by atoms with Gasteiger partial charge in [0.15, 0.2) is 35.6 Å². The summed E-state index contributed by atoms with van der Waals surface area (Å²) >= 11 is 0. The van der Waals surface area contributed by atoms with Gasteiger partial charge in [-0.2, -0.15) is 8.42 Å². The lowest BCUT2D eigenvalue weighted by atomic mass is 9.80. The molecular weight excluding hydrogens is 913 g/mol. The number of aliphatic hydroxyl groups is 1. The van der Waals surface area contributed by atoms with Crippen LogP contribution in [0.3, 0.4) is 0 Å². The minimum absolute atomic E-state index is 0.0656. The van der Waals surface area contributed by atoms with Crippen molar-refractivity contribution < 1.29 is 55.6 Å². The highest BCUT2D eigenvalue weighted by Gasteiger charge is 2.43. The average Bonchev–Trinajstić information content (AvgIpc) is 3.38. The van der Waals surface area contributed by atoms with Gasteiger partial charge < -0.3 is 43.0 Å². The molecule has 6 aliphatic heterocycles. The first-order valence-electron chi connectivity index (χ1n) is 26.2. The van der Waals surface area contributed by atoms with E-state index in [0.717, 1.165) is 158 Å². The van der Waals surface area contributed by atoms with Gasteiger partial charge in [0.05, 0.1) is 52.1 Å². The summed E-state index contributed by atoms with van der Waals surface area (Å²) in [6, 6.07) is 16.0. The van der Waals surface area contributed by atoms with Crippen LogP contribution in [0.2, 0.25) is 0 Å². The van der Waals surface area contributed by atoms with E-state index < -0.39 is 10.1 Å². The predicted octanol–water partition coefficient (Wildman–Crippen LogP) is 9.12. The summed E-state index contributed by atoms with van der Waals surface area (Å²) in [5.41, 5.74) is 6.35. The Kier molecular flexibility index (Phi) is 19.2. The first kappa shape index (κ1) is 52.8. The molecule has 2 unspecified atom stereocenters. The van der Waals surface area contributed by atoms with Gasteiger partial charge in [-0.15, -0.1) is 0 Å². The molecule has 4 saturated heterocycles. The second kappa shape index (κ2) is 25.4. The van der Waals surface area contributed by atoms with E-state index in [1.54, 1.807) is 52.7 Å². The van der Waals surface area contributed by atoms with Crippen LogP contribution in [-0.4, -0.2) is 129 Å². The van der Waals surface area contributed by atoms with Gasteiger partial charge in [0.25, 0.3) is 10.1 Å². The first-order chi connectivity index (χ1) is 34.1. The largest absolute Gasteiger partial charge is 0.493 e. The van der Waals surface area contributed by atoms with E-state index in [1.807, 2.05) is 6.92 Å². The highest BCUT2D eigenvalue weighted by atomic mass is 32.2. The van der Waals surface area contributed by atoms with Crippen LogP contribution in [0.25, 0.3) is 0 Å². The minimum Gasteiger partial charge on any atom is -0.493 e. The molecule has 3 aromatic rings. The number of fused-ring (bicyclic) bond motifs is 6. The SMILES string of the molecule is COc1cc2c(cc1OC)[C@H]1C[C@@H](OC3CCCCO3)[C@H](CCCCO)CN1CC2.COc1cc2c(cc1OC)[C@H]1C[C@@H](OC3CCCCO3)[C@H](CCCCOS(=O)(=O)c3ccc(C)cc3)CN1CC2. The number of hydrogen-bond donors (Lipinski definition) is 1. The first-order valence-corrected chi connectivity index (χ1v) is 27.6. The molecule has 4 fully saturated rings. The molecule has 0 bridgehead atoms. The minimum atomic E-state index is -3.74. The Morgan fingerprint density at radius 3 is 1.54 bits per heavy atom. The Morgan fingerprint density at radius 2 is 1.10 bits per heavy atom. The number of ether oxygens (including phenoxy) is 8. The Morgan fingerprint density at radius 1 is 0.629 bits per heavy atom. The lowest BCUT2D eigenvalue weighted by Gasteiger charge is -2.48. The third-order valence-corrected chi connectivity index (χ3v) is 16.9. The number of rotatable bonds is 19. The van der Waals surface area contributed by atoms with Gasteiger partial charge in [-0.25, -0.2) is 0 Å². The molecule has 0 radical (unpaired) electrons. The Balaban J connectivity index is 0.000000196. The zero-order chi connectivity index (χ0) is 49.0. The number of methoxy groups -OCH3 is 4. The fourth-order valence-corrected chi connectivity index (χ4v) is 12.6. The van der Waals surface area contributed by atoms with E-state index in [1.165, 1.54) is 28.7 Å². The molecule has 14 nitrogen and oxygen atoms in total. The molecule has 0 aliphatic carbocycles. The monoisotopic (exact) mass is 993 g/mol. The van der Waals surface area contributed by atoms with Gasteiger partial charge in [0.1, 0.15) is 0 Å². The quantitative estimate of drug-likeness (QED) is 0.0901. The number of aliphatic hydroxyl groups excluding tert-OH is 1. The molecule has 70 heavy (non-hydrogen) atoms. The van der Waals surface area contributed by atoms with Crippen LogP contribution >= 0.6 is 0 Å². The highest BCUT2D eigenvalue weighted by Crippen LogP contribution is 2.46. The van der Waals surface area contributed by atoms with Gasteiger partial charge in [0, 0.05) is 58.1 Å². The van der Waals surface area contributed by atoms with Gasteiger partial charge >= 0.3 is 0 Å². The summed E-state index contributed by atoms with van der Waals surface area (Å²) in [6.07, 6.45) is 15.9. The van der Waals surface area contributed by atoms with Crippen LogP contribution in [0.5, 0.6) is 23.0 Å². The molecule has 0 aromatic heterocycles. The van der Waals surface area contributed by atoms with E-state index in [-0.39, 0.29) is 48.9 Å². The summed E-state index contributed by atoms with van der Waals surface area (Å²) in [6.45, 7) is 7.99. The standard InChI is InChI=1S/C31H43NO7S.C24H37NO5/c1-22-10-12-25(13-11-22)40(33,34)38-17-7-4-8-24-21-32-15-14-23-18-29(35-2)30(36-3)19-26(23)27(32)20-28(24)39-31-9-5-6-16-37-31;1-27-22-13-17-9-10-25-16-18(7-3-5-11-26)21(30-24-8-4-6-12-29-24)15-20(25)19(17)14-23(22)28-2/h10-13,18-19,24,27-28,31H,4-9,14-17,20-21H2,1-3H3;13-14,18,20-21,24,26H,3-12,15-16H2,1-2H3/t24-,27-,28-,31?;18-,20-,21-,24?/m11/s1. The fourth-order valence-electron chi connectivity index (χ4n) is 11.7. The number of benzene rings is 3. The van der Waals surface area contributed by atoms with Crippen molar-refractivity contribution >= 4 is 10.1 Å². The molecule has 15 heteroatoms. The zero-order valence-corrected chi connectivity index (χ0v) is 43.3. The van der Waals surface area contributed by atoms with Crippen LogP contribution in [0.15, 0.2) is 53.4 Å². The molecule has 6 heterocycles. The molecule has 0 amide bonds. The van der Waals surface area contributed by atoms with E-state index in [2.05, 4.69) is 34.1 Å². The maximum atomic E-state index is 12.5. The predicted molar refractivity (Wildman–Crippen MR) is 267 cm³/mol. The third-order valence-electron chi connectivity index (χ3n) is 15.6. The van der Waals surface area contributed by atoms with Crippen molar-refractivity contribution in [2.24, 2.45) is 11.8 Å². The summed E-state index contributed by atoms with van der Waals surface area (Å²) in [5.74, 6) is 3.98. The molecular formula is C55H80N2O12S. The normalized spacial score (nSPS) is 26.9. The van der Waals surface area contributed by atoms with Crippen molar-refractivity contribution in [3.8, 4) is 23.0 Å². The second-order valence-corrected chi connectivity index (χ2v) is 21.7. The molecule has 0 spiro atoms. The van der Waals surface area contributed by atoms with Crippen LogP contribution in [0.1, 0.15) is 130 Å². The van der Waals surface area contributed by atoms with Crippen molar-refractivity contribution in [2.75, 3.05) is 81.0 Å². The van der Waals surface area contributed by atoms with Crippen LogP contribution < -0.4 is 18.9 Å². The van der Waals surface area contributed by atoms with Gasteiger partial charge in [0.2, 0.25) is 0 Å². The van der Waals surface area contributed by atoms with Gasteiger partial charge in [-0.3, -0.25) is 14.0 Å². The highest BCUT2D eigenvalue weighted by molar-refractivity contribution is 7.86. The molecule has 0 saturated carbocycles. The molecule has 1 N–H and O–H groups in total. The lowest BCUT2D eigenvalue weighted by molar-refractivity contribution is -0.212. The zero-order valence-electron chi connectivity index (χ0n) is 42.4. The average molecular weight is 993 g/mol. The fraction of sp³-hybridized carbons (Fsp3) is 0.673. The van der Waals surface area contributed by atoms with Crippen molar-refractivity contribution in [2.45, 2.75) is 151 Å². The topological polar surface area (TPSA) is 144 Å². The summed E-state index contributed by atoms with van der Waals surface area (Å²) in [4.78, 5) is 5.41. The van der Waals surface area contributed by atoms with Gasteiger partial charge in [-0.05, 0) is 167 Å². The van der Waals surface area contributed by atoms with E-state index in [4.69, 9.17) is 42.1 Å². The number of nitrogens with zero attached hydrogens (tertiary/aromatic N) is 2. The molecule has 388 valence electrons. The van der Waals surface area contributed by atoms with E-state index >= 15 is 0 Å². The molecule has 8 atom stereocenters. The van der Waals surface area contributed by atoms with Crippen LogP contribution in [0, 0.1) is 18.8 Å². The Bertz CT molecular complexity index is 2220. The Labute approximate surface area is 417 Å². The second-order valence-electron chi connectivity index (χ2n) is 20.1. The maximum Gasteiger partial charge on any atom is 0.296 e. The number of hydrogen-bond acceptors (Lipinski definition) is 14. The van der Waals surface area contributed by atoms with E-state index in [0.29, 0.717) is 24.3 Å². The number of aryl methyl sites for hydroxylation is 1. The van der Waals surface area contributed by atoms with Crippen molar-refractivity contribution in [3.63, 3.8) is 0 Å². The summed E-state index contributed by atoms with van der Waals surface area (Å²) in [5, 5.41) is 9.23. The molecule has 6 aliphatic rings. The summed E-state index contributed by atoms with van der Waals surface area (Å²) in [7, 11) is 3.03. The molecule has 3 aromatic carbocycles. The lowest BCUT2D eigenvalue weighted by Crippen LogP contribution is -2.49. The van der Waals surface area contributed by atoms with Crippen molar-refractivity contribution in [3.05, 3.63) is 76.3 Å². The smallest absolute Gasteiger partial charge is 0.296 e. The number of unbranched alkanes of at least 4 members (excludes halogenated alkanes) is 2. The van der Waals surface area contributed by atoms with Crippen LogP contribution in [-0.2, 0) is 46.1 Å². The van der Waals surface area contributed by atoms with Gasteiger partial charge in [-0.1, -0.05) is 30.5 Å². The number of piperidine rings is 2. The summed E-state index contributed by atoms with van der Waals surface area (Å²) < 4.78 is 77.9. The van der Waals surface area contributed by atoms with Crippen molar-refractivity contribution in [1.82, 2.24) is 9.80 Å². The van der Waals surface area contributed by atoms with Crippen LogP contribution in [0.4, 0.5) is 0 Å². The third kappa shape index (κ3) is 13.2. The maximum absolute atomic E-state index is 12.5. The van der Waals surface area contributed by atoms with Crippen molar-refractivity contribution in [1.29, 1.82) is 0 Å².